The fourth-order valence-electron chi connectivity index (χ4n) is 2.36. The number of benzene rings is 2. The van der Waals surface area contributed by atoms with Gasteiger partial charge in [-0.1, -0.05) is 18.2 Å². The minimum absolute atomic E-state index is 0.176. The molecule has 1 aliphatic rings. The Labute approximate surface area is 130 Å². The van der Waals surface area contributed by atoms with Gasteiger partial charge >= 0.3 is 17.9 Å². The van der Waals surface area contributed by atoms with E-state index < -0.39 is 24.1 Å². The van der Waals surface area contributed by atoms with E-state index in [4.69, 9.17) is 14.9 Å². The molecule has 0 radical (unpaired) electrons. The number of carboxylic acid groups (broad SMARTS) is 2. The summed E-state index contributed by atoms with van der Waals surface area (Å²) in [6.07, 6.45) is -0.801. The molecule has 0 fully saturated rings. The largest absolute Gasteiger partial charge is 0.478 e. The van der Waals surface area contributed by atoms with Gasteiger partial charge in [-0.05, 0) is 24.3 Å². The summed E-state index contributed by atoms with van der Waals surface area (Å²) in [5.41, 5.74) is 0.903. The van der Waals surface area contributed by atoms with Gasteiger partial charge in [-0.2, -0.15) is 0 Å². The summed E-state index contributed by atoms with van der Waals surface area (Å²) < 4.78 is 5.19. The van der Waals surface area contributed by atoms with Gasteiger partial charge in [0.2, 0.25) is 6.23 Å². The monoisotopic (exact) mass is 313 g/mol. The predicted octanol–water partition coefficient (Wildman–Crippen LogP) is 2.36. The standard InChI is InChI=1S/C16H11NO6/c18-14(19)8-5-9(15(20)21)7-10(6-8)17-13-11-3-1-2-4-12(11)16(22)23-13/h1-7,13,17H,(H,18,19)(H,20,21). The van der Waals surface area contributed by atoms with Gasteiger partial charge < -0.3 is 20.3 Å². The number of fused-ring (bicyclic) bond motifs is 1. The summed E-state index contributed by atoms with van der Waals surface area (Å²) in [6, 6.07) is 10.4. The van der Waals surface area contributed by atoms with Gasteiger partial charge in [-0.3, -0.25) is 0 Å². The van der Waals surface area contributed by atoms with E-state index in [1.165, 1.54) is 12.1 Å². The first-order chi connectivity index (χ1) is 11.0. The van der Waals surface area contributed by atoms with Gasteiger partial charge in [0.05, 0.1) is 16.7 Å². The summed E-state index contributed by atoms with van der Waals surface area (Å²) in [7, 11) is 0. The van der Waals surface area contributed by atoms with Crippen molar-refractivity contribution in [2.75, 3.05) is 5.32 Å². The second-order valence-electron chi connectivity index (χ2n) is 4.93. The van der Waals surface area contributed by atoms with Crippen LogP contribution in [0.3, 0.4) is 0 Å². The molecule has 0 aliphatic carbocycles. The number of cyclic esters (lactones) is 1. The van der Waals surface area contributed by atoms with Crippen LogP contribution >= 0.6 is 0 Å². The van der Waals surface area contributed by atoms with Crippen molar-refractivity contribution in [3.63, 3.8) is 0 Å². The van der Waals surface area contributed by atoms with Gasteiger partial charge in [0.15, 0.2) is 0 Å². The highest BCUT2D eigenvalue weighted by Crippen LogP contribution is 2.31. The number of carbonyl (C=O) groups is 3. The van der Waals surface area contributed by atoms with Gasteiger partial charge in [0.25, 0.3) is 0 Å². The van der Waals surface area contributed by atoms with Crippen LogP contribution in [0.5, 0.6) is 0 Å². The molecule has 0 spiro atoms. The zero-order chi connectivity index (χ0) is 16.6. The maximum atomic E-state index is 11.8. The normalized spacial score (nSPS) is 15.7. The van der Waals surface area contributed by atoms with Crippen molar-refractivity contribution < 1.29 is 29.3 Å². The quantitative estimate of drug-likeness (QED) is 0.742. The number of nitrogens with one attached hydrogen (secondary N) is 1. The molecule has 23 heavy (non-hydrogen) atoms. The summed E-state index contributed by atoms with van der Waals surface area (Å²) >= 11 is 0. The molecule has 7 nitrogen and oxygen atoms in total. The molecule has 0 amide bonds. The number of carboxylic acids is 2. The van der Waals surface area contributed by atoms with Crippen molar-refractivity contribution >= 4 is 23.6 Å². The first kappa shape index (κ1) is 14.6. The van der Waals surface area contributed by atoms with Crippen LogP contribution in [0.1, 0.15) is 42.9 Å². The molecule has 2 aromatic rings. The van der Waals surface area contributed by atoms with Crippen LogP contribution in [0.4, 0.5) is 5.69 Å². The summed E-state index contributed by atoms with van der Waals surface area (Å²) in [5, 5.41) is 21.0. The highest BCUT2D eigenvalue weighted by atomic mass is 16.6. The smallest absolute Gasteiger partial charge is 0.340 e. The Bertz CT molecular complexity index is 797. The maximum Gasteiger partial charge on any atom is 0.340 e. The predicted molar refractivity (Wildman–Crippen MR) is 78.6 cm³/mol. The molecule has 1 atom stereocenters. The lowest BCUT2D eigenvalue weighted by molar-refractivity contribution is 0.0436. The van der Waals surface area contributed by atoms with Crippen molar-refractivity contribution in [1.82, 2.24) is 0 Å². The lowest BCUT2D eigenvalue weighted by Crippen LogP contribution is -2.12. The van der Waals surface area contributed by atoms with E-state index in [0.717, 1.165) is 6.07 Å². The Kier molecular flexibility index (Phi) is 3.46. The van der Waals surface area contributed by atoms with Crippen LogP contribution < -0.4 is 5.32 Å². The Morgan fingerprint density at radius 1 is 1.00 bits per heavy atom. The Balaban J connectivity index is 1.96. The second-order valence-corrected chi connectivity index (χ2v) is 4.93. The first-order valence-corrected chi connectivity index (χ1v) is 6.64. The molecule has 0 saturated carbocycles. The van der Waals surface area contributed by atoms with Crippen molar-refractivity contribution in [3.05, 3.63) is 64.7 Å². The van der Waals surface area contributed by atoms with Crippen LogP contribution in [0.25, 0.3) is 0 Å². The topological polar surface area (TPSA) is 113 Å². The average molecular weight is 313 g/mol. The van der Waals surface area contributed by atoms with Crippen LogP contribution in [0.2, 0.25) is 0 Å². The van der Waals surface area contributed by atoms with Gasteiger partial charge in [0.1, 0.15) is 0 Å². The van der Waals surface area contributed by atoms with Gasteiger partial charge in [0, 0.05) is 11.3 Å². The highest BCUT2D eigenvalue weighted by molar-refractivity contribution is 5.96. The Morgan fingerprint density at radius 3 is 2.22 bits per heavy atom. The number of hydrogen-bond acceptors (Lipinski definition) is 5. The molecule has 1 heterocycles. The SMILES string of the molecule is O=C(O)c1cc(NC2OC(=O)c3ccccc32)cc(C(=O)O)c1. The zero-order valence-electron chi connectivity index (χ0n) is 11.6. The lowest BCUT2D eigenvalue weighted by atomic mass is 10.1. The molecular formula is C16H11NO6. The highest BCUT2D eigenvalue weighted by Gasteiger charge is 2.30. The first-order valence-electron chi connectivity index (χ1n) is 6.64. The van der Waals surface area contributed by atoms with Gasteiger partial charge in [-0.15, -0.1) is 0 Å². The fraction of sp³-hybridized carbons (Fsp3) is 0.0625. The van der Waals surface area contributed by atoms with Crippen LogP contribution in [-0.2, 0) is 4.74 Å². The van der Waals surface area contributed by atoms with Crippen LogP contribution in [-0.4, -0.2) is 28.1 Å². The van der Waals surface area contributed by atoms with Gasteiger partial charge in [-0.25, -0.2) is 14.4 Å². The number of carbonyl (C=O) groups excluding carboxylic acids is 1. The van der Waals surface area contributed by atoms with Crippen molar-refractivity contribution in [3.8, 4) is 0 Å². The number of ether oxygens (including phenoxy) is 1. The van der Waals surface area contributed by atoms with Crippen molar-refractivity contribution in [2.45, 2.75) is 6.23 Å². The minimum Gasteiger partial charge on any atom is -0.478 e. The van der Waals surface area contributed by atoms with E-state index in [1.54, 1.807) is 24.3 Å². The molecule has 0 saturated heterocycles. The molecule has 3 N–H and O–H groups in total. The van der Waals surface area contributed by atoms with Crippen molar-refractivity contribution in [2.24, 2.45) is 0 Å². The lowest BCUT2D eigenvalue weighted by Gasteiger charge is -2.15. The third-order valence-electron chi connectivity index (χ3n) is 3.41. The van der Waals surface area contributed by atoms with E-state index in [1.807, 2.05) is 0 Å². The van der Waals surface area contributed by atoms with E-state index >= 15 is 0 Å². The molecule has 0 aromatic heterocycles. The number of hydrogen-bond donors (Lipinski definition) is 3. The molecule has 0 bridgehead atoms. The fourth-order valence-corrected chi connectivity index (χ4v) is 2.36. The summed E-state index contributed by atoms with van der Waals surface area (Å²) in [6.45, 7) is 0. The van der Waals surface area contributed by atoms with E-state index in [9.17, 15) is 14.4 Å². The maximum absolute atomic E-state index is 11.8. The Hall–Kier alpha value is -3.35. The Morgan fingerprint density at radius 2 is 1.61 bits per heavy atom. The third-order valence-corrected chi connectivity index (χ3v) is 3.41. The second kappa shape index (κ2) is 5.45. The molecule has 1 aliphatic heterocycles. The zero-order valence-corrected chi connectivity index (χ0v) is 11.6. The molecule has 1 unspecified atom stereocenters. The molecule has 7 heteroatoms. The van der Waals surface area contributed by atoms with E-state index in [-0.39, 0.29) is 16.8 Å². The van der Waals surface area contributed by atoms with Crippen LogP contribution in [0.15, 0.2) is 42.5 Å². The number of aromatic carboxylic acids is 2. The van der Waals surface area contributed by atoms with Crippen molar-refractivity contribution in [1.29, 1.82) is 0 Å². The molecule has 3 rings (SSSR count). The number of esters is 1. The minimum atomic E-state index is -1.25. The molecule has 2 aromatic carbocycles. The molecular weight excluding hydrogens is 302 g/mol. The molecule has 116 valence electrons. The number of rotatable bonds is 4. The average Bonchev–Trinajstić information content (AvgIpc) is 2.83. The van der Waals surface area contributed by atoms with E-state index in [0.29, 0.717) is 11.1 Å². The summed E-state index contributed by atoms with van der Waals surface area (Å²) in [4.78, 5) is 34.0. The van der Waals surface area contributed by atoms with E-state index in [2.05, 4.69) is 5.32 Å². The summed E-state index contributed by atoms with van der Waals surface area (Å²) in [5.74, 6) is -2.99. The third kappa shape index (κ3) is 2.71. The van der Waals surface area contributed by atoms with Crippen LogP contribution in [0, 0.1) is 0 Å². The number of anilines is 1.